The Balaban J connectivity index is 1.46. The Morgan fingerprint density at radius 2 is 1.71 bits per heavy atom. The molecule has 2 aromatic carbocycles. The molecule has 2 aromatic rings. The van der Waals surface area contributed by atoms with Crippen LogP contribution in [0.2, 0.25) is 0 Å². The Bertz CT molecular complexity index is 665. The topological polar surface area (TPSA) is 42.0 Å². The molecule has 0 spiro atoms. The molecule has 0 saturated carbocycles. The maximum absolute atomic E-state index is 10.4. The second-order valence-electron chi connectivity index (χ2n) is 5.37. The van der Waals surface area contributed by atoms with Crippen LogP contribution in [0.5, 0.6) is 0 Å². The van der Waals surface area contributed by atoms with Gasteiger partial charge in [-0.2, -0.15) is 0 Å². The first-order chi connectivity index (χ1) is 10.3. The molecule has 1 aliphatic heterocycles. The summed E-state index contributed by atoms with van der Waals surface area (Å²) < 4.78 is 11.5. The number of hydrogen-bond acceptors (Lipinski definition) is 3. The highest BCUT2D eigenvalue weighted by molar-refractivity contribution is 5.58. The molecule has 0 amide bonds. The normalized spacial score (nSPS) is 30.0. The van der Waals surface area contributed by atoms with Gasteiger partial charge in [-0.25, -0.2) is 0 Å². The Labute approximate surface area is 123 Å². The molecule has 0 aromatic heterocycles. The smallest absolute Gasteiger partial charge is 0.189 e. The third-order valence-electron chi connectivity index (χ3n) is 3.96. The molecule has 1 fully saturated rings. The third kappa shape index (κ3) is 2.40. The zero-order valence-electron chi connectivity index (χ0n) is 11.4. The monoisotopic (exact) mass is 280 g/mol. The summed E-state index contributed by atoms with van der Waals surface area (Å²) in [7, 11) is 0. The van der Waals surface area contributed by atoms with Crippen LogP contribution < -0.4 is 0 Å². The second-order valence-corrected chi connectivity index (χ2v) is 5.37. The Morgan fingerprint density at radius 3 is 2.57 bits per heavy atom. The summed E-state index contributed by atoms with van der Waals surface area (Å²) in [5.41, 5.74) is 3.06. The van der Waals surface area contributed by atoms with E-state index >= 15 is 0 Å². The summed E-state index contributed by atoms with van der Waals surface area (Å²) >= 11 is 0. The van der Waals surface area contributed by atoms with Crippen LogP contribution >= 0.6 is 0 Å². The number of rotatable bonds is 3. The van der Waals surface area contributed by atoms with Gasteiger partial charge in [-0.3, -0.25) is 0 Å². The lowest BCUT2D eigenvalue weighted by atomic mass is 9.93. The first-order valence-electron chi connectivity index (χ1n) is 7.14. The molecule has 2 unspecified atom stereocenters. The van der Waals surface area contributed by atoms with Crippen LogP contribution in [0.15, 0.2) is 60.7 Å². The molecule has 1 saturated heterocycles. The summed E-state index contributed by atoms with van der Waals surface area (Å²) in [6.07, 6.45) is 2.58. The highest BCUT2D eigenvalue weighted by Gasteiger charge is 2.44. The van der Waals surface area contributed by atoms with Gasteiger partial charge in [0.2, 0.25) is 0 Å². The first kappa shape index (κ1) is 12.8. The molecule has 0 bridgehead atoms. The number of fused-ring (bicyclic) bond motifs is 1. The van der Waals surface area contributed by atoms with Crippen LogP contribution in [0.4, 0.5) is 0 Å². The third-order valence-corrected chi connectivity index (χ3v) is 3.96. The number of hydrogen-bond donors (Lipinski definition) is 1. The van der Waals surface area contributed by atoms with Gasteiger partial charge in [0, 0.05) is 0 Å². The molecular weight excluding hydrogens is 264 g/mol. The molecule has 3 nitrogen and oxygen atoms in total. The molecule has 0 radical (unpaired) electrons. The SMILES string of the molecule is O[C@@H]1c2ccccc2C=C[C@H]1OC1OC1c1ccccc1. The minimum Gasteiger partial charge on any atom is -0.385 e. The van der Waals surface area contributed by atoms with Gasteiger partial charge in [-0.15, -0.1) is 0 Å². The minimum atomic E-state index is -0.646. The van der Waals surface area contributed by atoms with Crippen molar-refractivity contribution >= 4 is 6.08 Å². The molecule has 2 aliphatic rings. The summed E-state index contributed by atoms with van der Waals surface area (Å²) in [6.45, 7) is 0. The zero-order valence-corrected chi connectivity index (χ0v) is 11.4. The van der Waals surface area contributed by atoms with Crippen molar-refractivity contribution < 1.29 is 14.6 Å². The number of aliphatic hydroxyl groups excluding tert-OH is 1. The van der Waals surface area contributed by atoms with Crippen molar-refractivity contribution in [3.8, 4) is 0 Å². The summed E-state index contributed by atoms with van der Waals surface area (Å²) in [4.78, 5) is 0. The number of benzene rings is 2. The van der Waals surface area contributed by atoms with E-state index in [0.29, 0.717) is 0 Å². The van der Waals surface area contributed by atoms with Crippen molar-refractivity contribution in [2.75, 3.05) is 0 Å². The van der Waals surface area contributed by atoms with E-state index in [4.69, 9.17) is 9.47 Å². The van der Waals surface area contributed by atoms with Crippen molar-refractivity contribution in [3.05, 3.63) is 77.4 Å². The fraction of sp³-hybridized carbons (Fsp3) is 0.222. The van der Waals surface area contributed by atoms with Crippen molar-refractivity contribution in [3.63, 3.8) is 0 Å². The quantitative estimate of drug-likeness (QED) is 0.878. The van der Waals surface area contributed by atoms with Crippen LogP contribution in [-0.4, -0.2) is 17.5 Å². The van der Waals surface area contributed by atoms with Crippen LogP contribution in [0.1, 0.15) is 28.9 Å². The average molecular weight is 280 g/mol. The Kier molecular flexibility index (Phi) is 3.11. The van der Waals surface area contributed by atoms with Gasteiger partial charge >= 0.3 is 0 Å². The summed E-state index contributed by atoms with van der Waals surface area (Å²) in [6, 6.07) is 17.8. The van der Waals surface area contributed by atoms with Gasteiger partial charge in [-0.05, 0) is 16.7 Å². The highest BCUT2D eigenvalue weighted by Crippen LogP contribution is 2.42. The van der Waals surface area contributed by atoms with Gasteiger partial charge in [0.05, 0.1) is 0 Å². The Hall–Kier alpha value is -1.94. The van der Waals surface area contributed by atoms with Gasteiger partial charge in [0.1, 0.15) is 18.3 Å². The number of aliphatic hydroxyl groups is 1. The lowest BCUT2D eigenvalue weighted by Crippen LogP contribution is -2.24. The van der Waals surface area contributed by atoms with E-state index in [1.165, 1.54) is 0 Å². The van der Waals surface area contributed by atoms with Crippen molar-refractivity contribution in [1.82, 2.24) is 0 Å². The molecular formula is C18H16O3. The summed E-state index contributed by atoms with van der Waals surface area (Å²) in [5.74, 6) is 0. The largest absolute Gasteiger partial charge is 0.385 e. The fourth-order valence-electron chi connectivity index (χ4n) is 2.77. The lowest BCUT2D eigenvalue weighted by Gasteiger charge is -2.25. The Morgan fingerprint density at radius 1 is 0.952 bits per heavy atom. The van der Waals surface area contributed by atoms with Crippen LogP contribution in [-0.2, 0) is 9.47 Å². The van der Waals surface area contributed by atoms with E-state index in [1.54, 1.807) is 0 Å². The predicted octanol–water partition coefficient (Wildman–Crippen LogP) is 3.23. The van der Waals surface area contributed by atoms with Crippen LogP contribution in [0.3, 0.4) is 0 Å². The van der Waals surface area contributed by atoms with E-state index in [1.807, 2.05) is 66.7 Å². The van der Waals surface area contributed by atoms with E-state index in [0.717, 1.165) is 16.7 Å². The maximum Gasteiger partial charge on any atom is 0.189 e. The molecule has 3 heteroatoms. The lowest BCUT2D eigenvalue weighted by molar-refractivity contribution is -0.0525. The van der Waals surface area contributed by atoms with E-state index in [2.05, 4.69) is 0 Å². The van der Waals surface area contributed by atoms with E-state index in [9.17, 15) is 5.11 Å². The van der Waals surface area contributed by atoms with Gasteiger partial charge in [-0.1, -0.05) is 66.7 Å². The molecule has 21 heavy (non-hydrogen) atoms. The number of ether oxygens (including phenoxy) is 2. The molecule has 106 valence electrons. The van der Waals surface area contributed by atoms with Crippen LogP contribution in [0.25, 0.3) is 6.08 Å². The highest BCUT2D eigenvalue weighted by atomic mass is 16.8. The van der Waals surface area contributed by atoms with Crippen molar-refractivity contribution in [2.24, 2.45) is 0 Å². The van der Waals surface area contributed by atoms with Crippen LogP contribution in [0, 0.1) is 0 Å². The van der Waals surface area contributed by atoms with E-state index in [-0.39, 0.29) is 18.5 Å². The van der Waals surface area contributed by atoms with Gasteiger partial charge < -0.3 is 14.6 Å². The van der Waals surface area contributed by atoms with Gasteiger partial charge in [0.25, 0.3) is 0 Å². The number of epoxide rings is 1. The maximum atomic E-state index is 10.4. The minimum absolute atomic E-state index is 0.0241. The van der Waals surface area contributed by atoms with Gasteiger partial charge in [0.15, 0.2) is 6.29 Å². The molecule has 4 rings (SSSR count). The predicted molar refractivity (Wildman–Crippen MR) is 79.4 cm³/mol. The standard InChI is InChI=1S/C18H16O3/c19-16-14-9-5-4-6-12(14)10-11-15(16)20-18-17(21-18)13-7-2-1-3-8-13/h1-11,15-19H/t15-,16-,17?,18?/m1/s1. The summed E-state index contributed by atoms with van der Waals surface area (Å²) in [5, 5.41) is 10.4. The van der Waals surface area contributed by atoms with E-state index < -0.39 is 6.10 Å². The molecule has 1 aliphatic carbocycles. The average Bonchev–Trinajstić information content (AvgIpc) is 3.31. The zero-order chi connectivity index (χ0) is 14.2. The molecule has 1 N–H and O–H groups in total. The first-order valence-corrected chi connectivity index (χ1v) is 7.14. The second kappa shape index (κ2) is 5.11. The molecule has 1 heterocycles. The molecule has 4 atom stereocenters. The van der Waals surface area contributed by atoms with Crippen molar-refractivity contribution in [1.29, 1.82) is 0 Å². The fourth-order valence-corrected chi connectivity index (χ4v) is 2.77. The van der Waals surface area contributed by atoms with Crippen molar-refractivity contribution in [2.45, 2.75) is 24.6 Å².